The zero-order chi connectivity index (χ0) is 12.3. The van der Waals surface area contributed by atoms with Crippen molar-refractivity contribution in [3.05, 3.63) is 29.8 Å². The van der Waals surface area contributed by atoms with E-state index in [0.717, 1.165) is 24.8 Å². The first-order chi connectivity index (χ1) is 8.18. The number of aliphatic hydroxyl groups is 1. The standard InChI is InChI=1S/C14H21NO2/c1-15(12-7-3-5-9-14(12)17)10-11-6-2-4-8-13(11)16/h2,4,6,8,12,14,16-17H,3,5,7,9-10H2,1H3. The lowest BCUT2D eigenvalue weighted by molar-refractivity contribution is 0.0285. The lowest BCUT2D eigenvalue weighted by atomic mass is 9.91. The summed E-state index contributed by atoms with van der Waals surface area (Å²) in [5, 5.41) is 19.7. The molecule has 2 unspecified atom stereocenters. The summed E-state index contributed by atoms with van der Waals surface area (Å²) in [6, 6.07) is 7.62. The van der Waals surface area contributed by atoms with Crippen LogP contribution in [-0.4, -0.2) is 34.3 Å². The normalized spacial score (nSPS) is 25.1. The molecule has 2 atom stereocenters. The van der Waals surface area contributed by atoms with Crippen molar-refractivity contribution in [1.82, 2.24) is 4.90 Å². The molecule has 3 heteroatoms. The summed E-state index contributed by atoms with van der Waals surface area (Å²) in [6.07, 6.45) is 4.04. The Labute approximate surface area is 103 Å². The van der Waals surface area contributed by atoms with Gasteiger partial charge in [-0.15, -0.1) is 0 Å². The number of phenolic OH excluding ortho intramolecular Hbond substituents is 1. The second-order valence-corrected chi connectivity index (χ2v) is 4.96. The number of nitrogens with zero attached hydrogens (tertiary/aromatic N) is 1. The third-order valence-corrected chi connectivity index (χ3v) is 3.67. The van der Waals surface area contributed by atoms with Gasteiger partial charge in [0.25, 0.3) is 0 Å². The van der Waals surface area contributed by atoms with Gasteiger partial charge in [-0.2, -0.15) is 0 Å². The fourth-order valence-electron chi connectivity index (χ4n) is 2.64. The van der Waals surface area contributed by atoms with Gasteiger partial charge >= 0.3 is 0 Å². The molecule has 94 valence electrons. The number of aliphatic hydroxyl groups excluding tert-OH is 1. The third kappa shape index (κ3) is 2.99. The Morgan fingerprint density at radius 2 is 1.94 bits per heavy atom. The molecule has 0 spiro atoms. The van der Waals surface area contributed by atoms with E-state index in [1.807, 2.05) is 25.2 Å². The lowest BCUT2D eigenvalue weighted by Gasteiger charge is -2.35. The van der Waals surface area contributed by atoms with Gasteiger partial charge in [0.05, 0.1) is 6.10 Å². The molecule has 0 saturated heterocycles. The second-order valence-electron chi connectivity index (χ2n) is 4.96. The predicted octanol–water partition coefficient (Wildman–Crippen LogP) is 2.13. The van der Waals surface area contributed by atoms with Gasteiger partial charge in [0.1, 0.15) is 5.75 Å². The van der Waals surface area contributed by atoms with Crippen LogP contribution in [0.3, 0.4) is 0 Å². The Bertz CT molecular complexity index is 367. The van der Waals surface area contributed by atoms with Gasteiger partial charge in [-0.25, -0.2) is 0 Å². The van der Waals surface area contributed by atoms with Gasteiger partial charge in [0.2, 0.25) is 0 Å². The largest absolute Gasteiger partial charge is 0.508 e. The van der Waals surface area contributed by atoms with E-state index in [0.29, 0.717) is 12.3 Å². The lowest BCUT2D eigenvalue weighted by Crippen LogP contribution is -2.42. The van der Waals surface area contributed by atoms with Crippen molar-refractivity contribution in [2.45, 2.75) is 44.4 Å². The Morgan fingerprint density at radius 1 is 1.24 bits per heavy atom. The fraction of sp³-hybridized carbons (Fsp3) is 0.571. The molecule has 0 bridgehead atoms. The summed E-state index contributed by atoms with van der Waals surface area (Å²) in [6.45, 7) is 0.689. The zero-order valence-electron chi connectivity index (χ0n) is 10.3. The number of rotatable bonds is 3. The van der Waals surface area contributed by atoms with Crippen molar-refractivity contribution in [3.8, 4) is 5.75 Å². The molecular weight excluding hydrogens is 214 g/mol. The van der Waals surface area contributed by atoms with Crippen LogP contribution in [0.1, 0.15) is 31.2 Å². The molecule has 1 fully saturated rings. The molecule has 17 heavy (non-hydrogen) atoms. The summed E-state index contributed by atoms with van der Waals surface area (Å²) >= 11 is 0. The van der Waals surface area contributed by atoms with E-state index in [9.17, 15) is 10.2 Å². The van der Waals surface area contributed by atoms with Crippen LogP contribution in [0.4, 0.5) is 0 Å². The first kappa shape index (κ1) is 12.4. The van der Waals surface area contributed by atoms with Crippen molar-refractivity contribution in [3.63, 3.8) is 0 Å². The molecule has 0 aliphatic heterocycles. The molecule has 0 radical (unpaired) electrons. The minimum atomic E-state index is -0.223. The van der Waals surface area contributed by atoms with Crippen LogP contribution < -0.4 is 0 Å². The fourth-order valence-corrected chi connectivity index (χ4v) is 2.64. The maximum absolute atomic E-state index is 9.98. The average molecular weight is 235 g/mol. The van der Waals surface area contributed by atoms with Crippen LogP contribution in [0.5, 0.6) is 5.75 Å². The van der Waals surface area contributed by atoms with Crippen molar-refractivity contribution in [1.29, 1.82) is 0 Å². The molecule has 1 saturated carbocycles. The zero-order valence-corrected chi connectivity index (χ0v) is 10.3. The van der Waals surface area contributed by atoms with Crippen LogP contribution in [0, 0.1) is 0 Å². The van der Waals surface area contributed by atoms with E-state index in [2.05, 4.69) is 4.90 Å². The van der Waals surface area contributed by atoms with E-state index >= 15 is 0 Å². The topological polar surface area (TPSA) is 43.7 Å². The smallest absolute Gasteiger partial charge is 0.120 e. The van der Waals surface area contributed by atoms with E-state index < -0.39 is 0 Å². The highest BCUT2D eigenvalue weighted by molar-refractivity contribution is 5.31. The quantitative estimate of drug-likeness (QED) is 0.843. The SMILES string of the molecule is CN(Cc1ccccc1O)C1CCCCC1O. The molecule has 1 aliphatic rings. The van der Waals surface area contributed by atoms with Crippen LogP contribution >= 0.6 is 0 Å². The first-order valence-corrected chi connectivity index (χ1v) is 6.33. The highest BCUT2D eigenvalue weighted by atomic mass is 16.3. The number of hydrogen-bond acceptors (Lipinski definition) is 3. The molecule has 1 aliphatic carbocycles. The number of phenols is 1. The minimum Gasteiger partial charge on any atom is -0.508 e. The number of para-hydroxylation sites is 1. The summed E-state index contributed by atoms with van der Waals surface area (Å²) in [5.74, 6) is 0.338. The van der Waals surface area contributed by atoms with Crippen LogP contribution in [0.15, 0.2) is 24.3 Å². The molecule has 0 amide bonds. The van der Waals surface area contributed by atoms with Crippen molar-refractivity contribution in [2.24, 2.45) is 0 Å². The van der Waals surface area contributed by atoms with Crippen LogP contribution in [0.25, 0.3) is 0 Å². The van der Waals surface area contributed by atoms with Gasteiger partial charge in [0.15, 0.2) is 0 Å². The first-order valence-electron chi connectivity index (χ1n) is 6.33. The van der Waals surface area contributed by atoms with E-state index in [1.165, 1.54) is 6.42 Å². The highest BCUT2D eigenvalue weighted by Gasteiger charge is 2.26. The molecule has 0 heterocycles. The highest BCUT2D eigenvalue weighted by Crippen LogP contribution is 2.25. The molecule has 3 nitrogen and oxygen atoms in total. The number of hydrogen-bond donors (Lipinski definition) is 2. The summed E-state index contributed by atoms with van der Waals surface area (Å²) in [5.41, 5.74) is 0.924. The Morgan fingerprint density at radius 3 is 2.65 bits per heavy atom. The molecule has 0 aromatic heterocycles. The Balaban J connectivity index is 2.01. The number of aromatic hydroxyl groups is 1. The van der Waals surface area contributed by atoms with Gasteiger partial charge in [-0.1, -0.05) is 31.0 Å². The van der Waals surface area contributed by atoms with Crippen LogP contribution in [-0.2, 0) is 6.54 Å². The third-order valence-electron chi connectivity index (χ3n) is 3.67. The van der Waals surface area contributed by atoms with E-state index in [4.69, 9.17) is 0 Å². The molecule has 2 N–H and O–H groups in total. The molecular formula is C14H21NO2. The van der Waals surface area contributed by atoms with Crippen molar-refractivity contribution in [2.75, 3.05) is 7.05 Å². The average Bonchev–Trinajstić information content (AvgIpc) is 2.32. The van der Waals surface area contributed by atoms with Gasteiger partial charge in [-0.3, -0.25) is 4.90 Å². The van der Waals surface area contributed by atoms with E-state index in [-0.39, 0.29) is 12.1 Å². The monoisotopic (exact) mass is 235 g/mol. The van der Waals surface area contributed by atoms with Gasteiger partial charge < -0.3 is 10.2 Å². The van der Waals surface area contributed by atoms with Crippen molar-refractivity contribution >= 4 is 0 Å². The Kier molecular flexibility index (Phi) is 4.02. The summed E-state index contributed by atoms with van der Waals surface area (Å²) in [7, 11) is 2.02. The number of benzene rings is 1. The summed E-state index contributed by atoms with van der Waals surface area (Å²) in [4.78, 5) is 2.15. The van der Waals surface area contributed by atoms with E-state index in [1.54, 1.807) is 6.07 Å². The maximum atomic E-state index is 9.98. The summed E-state index contributed by atoms with van der Waals surface area (Å²) < 4.78 is 0. The number of likely N-dealkylation sites (N-methyl/N-ethyl adjacent to an activating group) is 1. The maximum Gasteiger partial charge on any atom is 0.120 e. The predicted molar refractivity (Wildman–Crippen MR) is 67.8 cm³/mol. The second kappa shape index (κ2) is 5.52. The van der Waals surface area contributed by atoms with Crippen molar-refractivity contribution < 1.29 is 10.2 Å². The molecule has 1 aromatic carbocycles. The van der Waals surface area contributed by atoms with Crippen LogP contribution in [0.2, 0.25) is 0 Å². The molecule has 2 rings (SSSR count). The Hall–Kier alpha value is -1.06. The van der Waals surface area contributed by atoms with Gasteiger partial charge in [0, 0.05) is 18.2 Å². The molecule has 1 aromatic rings. The minimum absolute atomic E-state index is 0.223. The van der Waals surface area contributed by atoms with Gasteiger partial charge in [-0.05, 0) is 26.0 Å².